The van der Waals surface area contributed by atoms with Crippen molar-refractivity contribution in [3.05, 3.63) is 58.1 Å². The summed E-state index contributed by atoms with van der Waals surface area (Å²) in [5.74, 6) is -34.9. The van der Waals surface area contributed by atoms with Crippen molar-refractivity contribution in [2.75, 3.05) is 6.61 Å². The SMILES string of the molecule is O=C(O)CC1C(=O)OC2C(O)C(OC(=O)c3cc(O)c(O)c4c3C1C(O)C(=O)O4)C(OC(=O)c1cc(O)c(O)c(O)c1)OC1COC(=O)c3cc(O)c(O)c(O)c3-c3c(cc(O)c(O)c3O)C(=O)C12. The summed E-state index contributed by atoms with van der Waals surface area (Å²) < 4.78 is 33.0. The number of ether oxygens (including phenoxy) is 6. The molecule has 0 radical (unpaired) electrons. The molecular formula is C42H32O27. The van der Waals surface area contributed by atoms with E-state index in [-0.39, 0.29) is 0 Å². The molecular weight excluding hydrogens is 936 g/mol. The van der Waals surface area contributed by atoms with E-state index in [1.807, 2.05) is 0 Å². The van der Waals surface area contributed by atoms with Gasteiger partial charge in [0, 0.05) is 28.2 Å². The molecule has 0 amide bonds. The Hall–Kier alpha value is -8.95. The molecule has 69 heavy (non-hydrogen) atoms. The molecule has 1 saturated heterocycles. The summed E-state index contributed by atoms with van der Waals surface area (Å²) in [6, 6.07) is 2.34. The molecule has 27 heteroatoms. The van der Waals surface area contributed by atoms with Gasteiger partial charge in [0.2, 0.25) is 23.5 Å². The zero-order chi connectivity index (χ0) is 50.4. The van der Waals surface area contributed by atoms with E-state index < -0.39 is 217 Å². The topological polar surface area (TPSA) is 458 Å². The van der Waals surface area contributed by atoms with E-state index in [0.717, 1.165) is 0 Å². The van der Waals surface area contributed by atoms with E-state index in [2.05, 4.69) is 0 Å². The molecule has 14 N–H and O–H groups in total. The number of aromatic hydroxyl groups is 11. The molecule has 0 aromatic heterocycles. The number of carbonyl (C=O) groups is 7. The molecule has 8 rings (SSSR count). The summed E-state index contributed by atoms with van der Waals surface area (Å²) in [6.45, 7) is -1.36. The van der Waals surface area contributed by atoms with Crippen LogP contribution in [0.15, 0.2) is 30.3 Å². The summed E-state index contributed by atoms with van der Waals surface area (Å²) >= 11 is 0. The van der Waals surface area contributed by atoms with Crippen LogP contribution in [0, 0.1) is 11.8 Å². The zero-order valence-electron chi connectivity index (χ0n) is 34.1. The molecule has 4 aromatic carbocycles. The molecule has 0 spiro atoms. The molecule has 4 heterocycles. The quantitative estimate of drug-likeness (QED) is 0.0537. The monoisotopic (exact) mass is 968 g/mol. The van der Waals surface area contributed by atoms with Gasteiger partial charge in [-0.1, -0.05) is 0 Å². The number of esters is 5. The zero-order valence-corrected chi connectivity index (χ0v) is 34.1. The molecule has 27 nitrogen and oxygen atoms in total. The number of phenolic OH excluding ortho intramolecular Hbond substituents is 11. The van der Waals surface area contributed by atoms with Gasteiger partial charge in [0.25, 0.3) is 0 Å². The van der Waals surface area contributed by atoms with Gasteiger partial charge in [-0.2, -0.15) is 0 Å². The van der Waals surface area contributed by atoms with Gasteiger partial charge in [0.05, 0.1) is 34.9 Å². The number of phenols is 11. The standard InChI is InChI=1S/C42H32O27/c43-13-1-8(2-14(44)26(13)51)37(59)69-42-36-33(58)35(66-40(62)12(6-19(48)49)22-23-11(39(61)68-36)5-17(47)29(54)34(23)67-41(63)32(22)57)24-18(65-42)7-64-38(60)10-4-16(46)28(53)31(56)21(10)20-9(25(24)50)3-15(45)27(52)30(20)55/h1-5,12,18,22,24,32-33,35-36,42-47,51-58H,6-7H2,(H,48,49). The Labute approximate surface area is 380 Å². The Morgan fingerprint density at radius 3 is 1.77 bits per heavy atom. The third-order valence-electron chi connectivity index (χ3n) is 11.7. The molecule has 9 atom stereocenters. The van der Waals surface area contributed by atoms with E-state index in [1.165, 1.54) is 0 Å². The van der Waals surface area contributed by atoms with Crippen LogP contribution in [0.5, 0.6) is 69.0 Å². The number of cyclic esters (lactones) is 1. The minimum Gasteiger partial charge on any atom is -0.504 e. The van der Waals surface area contributed by atoms with Gasteiger partial charge in [-0.15, -0.1) is 0 Å². The van der Waals surface area contributed by atoms with Crippen LogP contribution in [0.4, 0.5) is 0 Å². The van der Waals surface area contributed by atoms with Gasteiger partial charge in [-0.05, 0) is 30.3 Å². The Kier molecular flexibility index (Phi) is 11.3. The van der Waals surface area contributed by atoms with Crippen LogP contribution in [0.3, 0.4) is 0 Å². The fourth-order valence-electron chi connectivity index (χ4n) is 8.48. The van der Waals surface area contributed by atoms with Crippen LogP contribution >= 0.6 is 0 Å². The first kappa shape index (κ1) is 46.6. The number of aliphatic carboxylic acids is 1. The van der Waals surface area contributed by atoms with Crippen molar-refractivity contribution in [1.29, 1.82) is 0 Å². The highest BCUT2D eigenvalue weighted by molar-refractivity contribution is 6.11. The van der Waals surface area contributed by atoms with Crippen molar-refractivity contribution < 1.29 is 133 Å². The first-order chi connectivity index (χ1) is 32.4. The van der Waals surface area contributed by atoms with Gasteiger partial charge in [0.1, 0.15) is 24.9 Å². The highest BCUT2D eigenvalue weighted by Crippen LogP contribution is 2.55. The molecule has 1 fully saturated rings. The number of fused-ring (bicyclic) bond motifs is 7. The van der Waals surface area contributed by atoms with Crippen LogP contribution in [0.25, 0.3) is 11.1 Å². The first-order valence-corrected chi connectivity index (χ1v) is 19.6. The van der Waals surface area contributed by atoms with Gasteiger partial charge in [-0.3, -0.25) is 14.4 Å². The maximum Gasteiger partial charge on any atom is 0.341 e. The minimum atomic E-state index is -2.86. The van der Waals surface area contributed by atoms with Crippen molar-refractivity contribution in [3.8, 4) is 80.1 Å². The minimum absolute atomic E-state index is 0.390. The lowest BCUT2D eigenvalue weighted by Gasteiger charge is -2.36. The van der Waals surface area contributed by atoms with Crippen LogP contribution in [0.2, 0.25) is 0 Å². The lowest BCUT2D eigenvalue weighted by atomic mass is 9.76. The van der Waals surface area contributed by atoms with Crippen LogP contribution in [-0.4, -0.2) is 157 Å². The highest BCUT2D eigenvalue weighted by atomic mass is 16.7. The molecule has 362 valence electrons. The van der Waals surface area contributed by atoms with E-state index >= 15 is 4.79 Å². The molecule has 4 aliphatic rings. The number of carboxylic acid groups (broad SMARTS) is 1. The fraction of sp³-hybridized carbons (Fsp3) is 0.262. The van der Waals surface area contributed by atoms with Crippen molar-refractivity contribution in [2.24, 2.45) is 11.8 Å². The third-order valence-corrected chi connectivity index (χ3v) is 11.7. The number of carbonyl (C=O) groups excluding carboxylic acids is 6. The number of carboxylic acids is 1. The van der Waals surface area contributed by atoms with E-state index in [9.17, 15) is 100 Å². The van der Waals surface area contributed by atoms with Gasteiger partial charge in [-0.25, -0.2) is 19.2 Å². The maximum absolute atomic E-state index is 15.3. The molecule has 9 unspecified atom stereocenters. The van der Waals surface area contributed by atoms with E-state index in [4.69, 9.17) is 28.4 Å². The van der Waals surface area contributed by atoms with Crippen LogP contribution in [-0.2, 0) is 38.1 Å². The number of benzene rings is 4. The van der Waals surface area contributed by atoms with E-state index in [1.54, 1.807) is 0 Å². The van der Waals surface area contributed by atoms with Crippen molar-refractivity contribution in [2.45, 2.75) is 49.1 Å². The number of aliphatic hydroxyl groups excluding tert-OH is 2. The lowest BCUT2D eigenvalue weighted by Crippen LogP contribution is -2.52. The maximum atomic E-state index is 15.3. The Morgan fingerprint density at radius 2 is 1.16 bits per heavy atom. The van der Waals surface area contributed by atoms with E-state index in [0.29, 0.717) is 30.3 Å². The fourth-order valence-corrected chi connectivity index (χ4v) is 8.48. The summed E-state index contributed by atoms with van der Waals surface area (Å²) in [7, 11) is 0. The third kappa shape index (κ3) is 7.50. The normalized spacial score (nSPS) is 25.3. The van der Waals surface area contributed by atoms with Crippen molar-refractivity contribution in [1.82, 2.24) is 0 Å². The van der Waals surface area contributed by atoms with Gasteiger partial charge in [0.15, 0.2) is 69.7 Å². The molecule has 2 bridgehead atoms. The van der Waals surface area contributed by atoms with Crippen LogP contribution < -0.4 is 4.74 Å². The number of hydrogen-bond donors (Lipinski definition) is 14. The number of hydrogen-bond acceptors (Lipinski definition) is 26. The van der Waals surface area contributed by atoms with Gasteiger partial charge >= 0.3 is 35.8 Å². The Bertz CT molecular complexity index is 2930. The van der Waals surface area contributed by atoms with Crippen molar-refractivity contribution >= 4 is 41.6 Å². The predicted molar refractivity (Wildman–Crippen MR) is 210 cm³/mol. The Balaban J connectivity index is 1.41. The smallest absolute Gasteiger partial charge is 0.341 e. The van der Waals surface area contributed by atoms with Crippen LogP contribution in [0.1, 0.15) is 59.3 Å². The second-order valence-corrected chi connectivity index (χ2v) is 15.7. The molecule has 0 aliphatic carbocycles. The number of ketones is 1. The van der Waals surface area contributed by atoms with Gasteiger partial charge < -0.3 is 99.9 Å². The second-order valence-electron chi connectivity index (χ2n) is 15.7. The summed E-state index contributed by atoms with van der Waals surface area (Å²) in [5.41, 5.74) is -7.07. The average Bonchev–Trinajstić information content (AvgIpc) is 3.39. The average molecular weight is 969 g/mol. The predicted octanol–water partition coefficient (Wildman–Crippen LogP) is -0.367. The summed E-state index contributed by atoms with van der Waals surface area (Å²) in [6.07, 6.45) is -17.4. The van der Waals surface area contributed by atoms with Crippen molar-refractivity contribution in [3.63, 3.8) is 0 Å². The summed E-state index contributed by atoms with van der Waals surface area (Å²) in [4.78, 5) is 97.7. The second kappa shape index (κ2) is 16.7. The molecule has 4 aliphatic heterocycles. The number of rotatable bonds is 4. The number of aliphatic hydroxyl groups is 2. The molecule has 4 aromatic rings. The number of Topliss-reactive ketones (excluding diaryl/α,β-unsaturated/α-hetero) is 1. The summed E-state index contributed by atoms with van der Waals surface area (Å²) in [5, 5.41) is 150. The Morgan fingerprint density at radius 1 is 0.609 bits per heavy atom. The molecule has 0 saturated carbocycles. The first-order valence-electron chi connectivity index (χ1n) is 19.6. The lowest BCUT2D eigenvalue weighted by molar-refractivity contribution is -0.206. The largest absolute Gasteiger partial charge is 0.504 e. The highest BCUT2D eigenvalue weighted by Gasteiger charge is 2.58.